The minimum Gasteiger partial charge on any atom is -0.501 e. The van der Waals surface area contributed by atoms with Crippen LogP contribution in [0.1, 0.15) is 59.0 Å². The van der Waals surface area contributed by atoms with Crippen molar-refractivity contribution in [3.63, 3.8) is 0 Å². The minimum atomic E-state index is 0.191. The number of rotatable bonds is 6. The second-order valence-electron chi connectivity index (χ2n) is 4.61. The average Bonchev–Trinajstić information content (AvgIpc) is 2.95. The smallest absolute Gasteiger partial charge is 0.103 e. The lowest BCUT2D eigenvalue weighted by atomic mass is 10.1. The van der Waals surface area contributed by atoms with Gasteiger partial charge < -0.3 is 14.3 Å². The third-order valence-electron chi connectivity index (χ3n) is 2.66. The van der Waals surface area contributed by atoms with Gasteiger partial charge in [0.1, 0.15) is 11.5 Å². The molecule has 1 aromatic rings. The maximum absolute atomic E-state index is 8.75. The van der Waals surface area contributed by atoms with Crippen molar-refractivity contribution in [3.05, 3.63) is 35.5 Å². The van der Waals surface area contributed by atoms with Crippen molar-refractivity contribution >= 4 is 0 Å². The molecule has 0 aliphatic heterocycles. The molecule has 0 aliphatic carbocycles. The molecule has 3 heteroatoms. The van der Waals surface area contributed by atoms with Crippen LogP contribution in [0.4, 0.5) is 0 Å². The van der Waals surface area contributed by atoms with Gasteiger partial charge >= 0.3 is 0 Å². The highest BCUT2D eigenvalue weighted by Gasteiger charge is 1.99. The molecule has 0 amide bonds. The van der Waals surface area contributed by atoms with Crippen LogP contribution in [0.2, 0.25) is 0 Å². The number of methoxy groups -OCH3 is 1. The zero-order valence-corrected chi connectivity index (χ0v) is 14.9. The monoisotopic (exact) mass is 298 g/mol. The first-order valence-electron chi connectivity index (χ1n) is 7.98. The molecule has 1 N–H and O–H groups in total. The van der Waals surface area contributed by atoms with Crippen LogP contribution in [0.3, 0.4) is 0 Å². The maximum atomic E-state index is 8.75. The van der Waals surface area contributed by atoms with E-state index in [2.05, 4.69) is 13.8 Å². The topological polar surface area (TPSA) is 42.6 Å². The average molecular weight is 298 g/mol. The molecular weight excluding hydrogens is 264 g/mol. The lowest BCUT2D eigenvalue weighted by molar-refractivity contribution is 0.244. The van der Waals surface area contributed by atoms with E-state index in [1.165, 1.54) is 0 Å². The zero-order chi connectivity index (χ0) is 16.7. The third-order valence-corrected chi connectivity index (χ3v) is 2.66. The molecule has 1 aromatic heterocycles. The molecule has 0 saturated heterocycles. The van der Waals surface area contributed by atoms with Gasteiger partial charge in [-0.15, -0.1) is 0 Å². The SMILES string of the molecule is CC.CCC/C(=C/C(C)CO)OC.CCc1ccc(C)o1. The summed E-state index contributed by atoms with van der Waals surface area (Å²) in [6, 6.07) is 3.99. The molecule has 3 nitrogen and oxygen atoms in total. The molecule has 21 heavy (non-hydrogen) atoms. The first-order valence-corrected chi connectivity index (χ1v) is 7.98. The third kappa shape index (κ3) is 12.2. The van der Waals surface area contributed by atoms with Gasteiger partial charge in [0.15, 0.2) is 0 Å². The van der Waals surface area contributed by atoms with E-state index in [-0.39, 0.29) is 12.5 Å². The number of aliphatic hydroxyl groups is 1. The maximum Gasteiger partial charge on any atom is 0.103 e. The molecule has 0 fully saturated rings. The van der Waals surface area contributed by atoms with Crippen molar-refractivity contribution in [2.45, 2.75) is 60.8 Å². The van der Waals surface area contributed by atoms with Crippen LogP contribution in [-0.4, -0.2) is 18.8 Å². The molecule has 0 spiro atoms. The summed E-state index contributed by atoms with van der Waals surface area (Å²) in [6.07, 6.45) is 5.01. The lowest BCUT2D eigenvalue weighted by Crippen LogP contribution is -1.98. The molecule has 1 rings (SSSR count). The Labute approximate surface area is 131 Å². The summed E-state index contributed by atoms with van der Waals surface area (Å²) in [5.41, 5.74) is 0. The predicted molar refractivity (Wildman–Crippen MR) is 90.4 cm³/mol. The van der Waals surface area contributed by atoms with Crippen molar-refractivity contribution in [1.82, 2.24) is 0 Å². The Bertz CT molecular complexity index is 353. The molecule has 0 aromatic carbocycles. The Morgan fingerprint density at radius 3 is 2.24 bits per heavy atom. The largest absolute Gasteiger partial charge is 0.501 e. The lowest BCUT2D eigenvalue weighted by Gasteiger charge is -2.07. The van der Waals surface area contributed by atoms with E-state index in [1.807, 2.05) is 45.9 Å². The molecule has 0 saturated carbocycles. The Kier molecular flexibility index (Phi) is 15.9. The van der Waals surface area contributed by atoms with Gasteiger partial charge in [0, 0.05) is 25.4 Å². The van der Waals surface area contributed by atoms with Gasteiger partial charge in [-0.05, 0) is 31.6 Å². The van der Waals surface area contributed by atoms with E-state index in [1.54, 1.807) is 7.11 Å². The first kappa shape index (κ1) is 22.1. The van der Waals surface area contributed by atoms with Gasteiger partial charge in [-0.25, -0.2) is 0 Å². The van der Waals surface area contributed by atoms with Crippen molar-refractivity contribution in [3.8, 4) is 0 Å². The molecule has 1 unspecified atom stereocenters. The van der Waals surface area contributed by atoms with Crippen molar-refractivity contribution in [2.24, 2.45) is 5.92 Å². The summed E-state index contributed by atoms with van der Waals surface area (Å²) in [5, 5.41) is 8.75. The summed E-state index contributed by atoms with van der Waals surface area (Å²) >= 11 is 0. The fraction of sp³-hybridized carbons (Fsp3) is 0.667. The molecule has 1 heterocycles. The fourth-order valence-corrected chi connectivity index (χ4v) is 1.55. The van der Waals surface area contributed by atoms with E-state index in [0.29, 0.717) is 0 Å². The fourth-order valence-electron chi connectivity index (χ4n) is 1.55. The van der Waals surface area contributed by atoms with Gasteiger partial charge in [0.25, 0.3) is 0 Å². The summed E-state index contributed by atoms with van der Waals surface area (Å²) < 4.78 is 10.3. The van der Waals surface area contributed by atoms with Crippen molar-refractivity contribution in [1.29, 1.82) is 0 Å². The predicted octanol–water partition coefficient (Wildman–Crippen LogP) is 5.12. The molecule has 0 aliphatic rings. The number of aliphatic hydroxyl groups excluding tert-OH is 1. The Balaban J connectivity index is 0. The van der Waals surface area contributed by atoms with Gasteiger partial charge in [0.05, 0.1) is 12.9 Å². The molecule has 1 atom stereocenters. The van der Waals surface area contributed by atoms with Crippen LogP contribution in [0.5, 0.6) is 0 Å². The Hall–Kier alpha value is -1.22. The second kappa shape index (κ2) is 15.2. The molecule has 0 bridgehead atoms. The van der Waals surface area contributed by atoms with Gasteiger partial charge in [-0.1, -0.05) is 34.6 Å². The van der Waals surface area contributed by atoms with Crippen LogP contribution in [0, 0.1) is 12.8 Å². The molecular formula is C18H34O3. The number of hydrogen-bond acceptors (Lipinski definition) is 3. The van der Waals surface area contributed by atoms with Gasteiger partial charge in [0.2, 0.25) is 0 Å². The van der Waals surface area contributed by atoms with Gasteiger partial charge in [-0.3, -0.25) is 0 Å². The standard InChI is InChI=1S/C9H18O2.C7H10O.C2H6/c1-4-5-9(11-3)6-8(2)7-10;1-3-7-5-4-6(2)8-7;1-2/h6,8,10H,4-5,7H2,1-3H3;4-5H,3H2,1-2H3;1-2H3/b9-6-;;. The quantitative estimate of drug-likeness (QED) is 0.741. The van der Waals surface area contributed by atoms with Crippen LogP contribution in [0.25, 0.3) is 0 Å². The minimum absolute atomic E-state index is 0.191. The number of ether oxygens (including phenoxy) is 1. The van der Waals surface area contributed by atoms with E-state index >= 15 is 0 Å². The summed E-state index contributed by atoms with van der Waals surface area (Å²) in [7, 11) is 1.67. The number of furan rings is 1. The van der Waals surface area contributed by atoms with Crippen LogP contribution >= 0.6 is 0 Å². The van der Waals surface area contributed by atoms with Crippen molar-refractivity contribution in [2.75, 3.05) is 13.7 Å². The van der Waals surface area contributed by atoms with E-state index in [0.717, 1.165) is 36.5 Å². The number of allylic oxidation sites excluding steroid dienone is 1. The van der Waals surface area contributed by atoms with Gasteiger partial charge in [-0.2, -0.15) is 0 Å². The van der Waals surface area contributed by atoms with Crippen LogP contribution in [-0.2, 0) is 11.2 Å². The molecule has 124 valence electrons. The highest BCUT2D eigenvalue weighted by Crippen LogP contribution is 2.09. The van der Waals surface area contributed by atoms with Crippen LogP contribution < -0.4 is 0 Å². The Morgan fingerprint density at radius 1 is 1.33 bits per heavy atom. The second-order valence-corrected chi connectivity index (χ2v) is 4.61. The summed E-state index contributed by atoms with van der Waals surface area (Å²) in [6.45, 7) is 12.3. The van der Waals surface area contributed by atoms with Crippen molar-refractivity contribution < 1.29 is 14.3 Å². The van der Waals surface area contributed by atoms with Crippen LogP contribution in [0.15, 0.2) is 28.4 Å². The highest BCUT2D eigenvalue weighted by atomic mass is 16.5. The highest BCUT2D eigenvalue weighted by molar-refractivity contribution is 5.04. The van der Waals surface area contributed by atoms with E-state index in [9.17, 15) is 0 Å². The summed E-state index contributed by atoms with van der Waals surface area (Å²) in [4.78, 5) is 0. The Morgan fingerprint density at radius 2 is 1.95 bits per heavy atom. The number of aryl methyl sites for hydroxylation is 2. The van der Waals surface area contributed by atoms with E-state index < -0.39 is 0 Å². The zero-order valence-electron chi connectivity index (χ0n) is 14.9. The van der Waals surface area contributed by atoms with E-state index in [4.69, 9.17) is 14.3 Å². The first-order chi connectivity index (χ1) is 10.1. The normalized spacial score (nSPS) is 11.7. The summed E-state index contributed by atoms with van der Waals surface area (Å²) in [5.74, 6) is 3.26. The molecule has 0 radical (unpaired) electrons. The number of hydrogen-bond donors (Lipinski definition) is 1.